The van der Waals surface area contributed by atoms with Gasteiger partial charge < -0.3 is 22.3 Å². The lowest BCUT2D eigenvalue weighted by atomic mass is 9.93. The third-order valence-electron chi connectivity index (χ3n) is 3.94. The number of aromatic nitrogens is 1. The van der Waals surface area contributed by atoms with Gasteiger partial charge >= 0.3 is 0 Å². The van der Waals surface area contributed by atoms with E-state index in [1.54, 1.807) is 6.07 Å². The van der Waals surface area contributed by atoms with Gasteiger partial charge in [-0.1, -0.05) is 0 Å². The van der Waals surface area contributed by atoms with Gasteiger partial charge in [0.2, 0.25) is 0 Å². The van der Waals surface area contributed by atoms with Gasteiger partial charge in [0.1, 0.15) is 0 Å². The monoisotopic (exact) mass is 311 g/mol. The van der Waals surface area contributed by atoms with Crippen LogP contribution in [0.5, 0.6) is 0 Å². The molecule has 6 heteroatoms. The molecule has 0 atom stereocenters. The zero-order valence-electron chi connectivity index (χ0n) is 12.0. The zero-order valence-corrected chi connectivity index (χ0v) is 12.8. The van der Waals surface area contributed by atoms with Crippen LogP contribution in [-0.2, 0) is 12.2 Å². The second-order valence-corrected chi connectivity index (χ2v) is 6.20. The van der Waals surface area contributed by atoms with Crippen LogP contribution in [0.2, 0.25) is 0 Å². The average molecular weight is 311 g/mol. The van der Waals surface area contributed by atoms with Gasteiger partial charge in [0.15, 0.2) is 0 Å². The van der Waals surface area contributed by atoms with Gasteiger partial charge in [-0.15, -0.1) is 0 Å². The molecule has 0 saturated carbocycles. The van der Waals surface area contributed by atoms with Crippen LogP contribution in [0, 0.1) is 10.8 Å². The van der Waals surface area contributed by atoms with Gasteiger partial charge in [0, 0.05) is 46.6 Å². The van der Waals surface area contributed by atoms with E-state index in [4.69, 9.17) is 27.3 Å². The van der Waals surface area contributed by atoms with Crippen molar-refractivity contribution in [2.24, 2.45) is 5.73 Å². The number of allylic oxidation sites excluding steroid dienone is 1. The summed E-state index contributed by atoms with van der Waals surface area (Å²) < 4.78 is 0. The first-order valence-corrected chi connectivity index (χ1v) is 8.11. The average Bonchev–Trinajstić information content (AvgIpc) is 2.56. The lowest BCUT2D eigenvalue weighted by molar-refractivity contribution is 1.08. The van der Waals surface area contributed by atoms with Crippen molar-refractivity contribution >= 4 is 46.4 Å². The van der Waals surface area contributed by atoms with E-state index in [9.17, 15) is 0 Å². The predicted octanol–water partition coefficient (Wildman–Crippen LogP) is 2.55. The predicted molar refractivity (Wildman–Crippen MR) is 94.9 cm³/mol. The number of nitrogens with two attached hydrogens (primary N) is 2. The summed E-state index contributed by atoms with van der Waals surface area (Å²) in [6, 6.07) is 3.65. The minimum absolute atomic E-state index is 0.596. The van der Waals surface area contributed by atoms with Crippen molar-refractivity contribution in [2.45, 2.75) is 12.2 Å². The minimum atomic E-state index is 0.596. The van der Waals surface area contributed by atoms with Crippen LogP contribution >= 0.6 is 11.8 Å². The molecule has 0 spiro atoms. The van der Waals surface area contributed by atoms with Gasteiger partial charge in [-0.05, 0) is 35.4 Å². The van der Waals surface area contributed by atoms with E-state index in [0.29, 0.717) is 11.3 Å². The second-order valence-electron chi connectivity index (χ2n) is 5.09. The lowest BCUT2D eigenvalue weighted by Crippen LogP contribution is -2.11. The van der Waals surface area contributed by atoms with E-state index in [1.807, 2.05) is 17.8 Å². The van der Waals surface area contributed by atoms with E-state index < -0.39 is 0 Å². The number of aryl methyl sites for hydroxylation is 1. The standard InChI is InChI=1S/C16H17N5S/c17-5-9(6-18)16-12-8-22-4-3-10(12)15-11(7-19)13(20)1-2-14(15)21-16/h1-2,5-7,17,19H,3-4,8,18,20H2/b9-6+,17-5?,19-7?. The molecule has 112 valence electrons. The summed E-state index contributed by atoms with van der Waals surface area (Å²) >= 11 is 1.84. The number of benzene rings is 1. The molecule has 3 rings (SSSR count). The number of thioether (sulfide) groups is 1. The molecule has 22 heavy (non-hydrogen) atoms. The fourth-order valence-electron chi connectivity index (χ4n) is 2.89. The first-order valence-electron chi connectivity index (χ1n) is 6.96. The number of hydrogen-bond donors (Lipinski definition) is 4. The smallest absolute Gasteiger partial charge is 0.0782 e. The van der Waals surface area contributed by atoms with Crippen LogP contribution in [0.1, 0.15) is 22.4 Å². The molecule has 1 aliphatic rings. The first-order chi connectivity index (χ1) is 10.7. The molecule has 0 amide bonds. The molecule has 0 aliphatic carbocycles. The Labute approximate surface area is 132 Å². The van der Waals surface area contributed by atoms with Crippen LogP contribution in [0.4, 0.5) is 5.69 Å². The number of anilines is 1. The fourth-order valence-corrected chi connectivity index (χ4v) is 3.89. The molecule has 0 radical (unpaired) electrons. The molecular formula is C16H17N5S. The van der Waals surface area contributed by atoms with Crippen molar-refractivity contribution in [1.82, 2.24) is 4.98 Å². The number of nitrogens with one attached hydrogen (secondary N) is 2. The van der Waals surface area contributed by atoms with Crippen molar-refractivity contribution in [3.8, 4) is 0 Å². The third kappa shape index (κ3) is 2.16. The molecule has 2 aromatic rings. The quantitative estimate of drug-likeness (QED) is 0.515. The Morgan fingerprint density at radius 1 is 1.27 bits per heavy atom. The Balaban J connectivity index is 2.45. The van der Waals surface area contributed by atoms with Crippen LogP contribution in [0.15, 0.2) is 18.3 Å². The number of pyridine rings is 1. The van der Waals surface area contributed by atoms with Crippen molar-refractivity contribution in [2.75, 3.05) is 11.5 Å². The maximum Gasteiger partial charge on any atom is 0.0782 e. The van der Waals surface area contributed by atoms with Gasteiger partial charge in [-0.25, -0.2) is 4.98 Å². The number of fused-ring (bicyclic) bond motifs is 3. The number of rotatable bonds is 3. The van der Waals surface area contributed by atoms with Gasteiger partial charge in [0.05, 0.1) is 11.2 Å². The molecule has 2 heterocycles. The molecule has 0 unspecified atom stereocenters. The molecule has 1 aromatic heterocycles. The highest BCUT2D eigenvalue weighted by atomic mass is 32.2. The van der Waals surface area contributed by atoms with E-state index in [-0.39, 0.29) is 0 Å². The minimum Gasteiger partial charge on any atom is -0.404 e. The van der Waals surface area contributed by atoms with Gasteiger partial charge in [0.25, 0.3) is 0 Å². The highest BCUT2D eigenvalue weighted by Crippen LogP contribution is 2.36. The highest BCUT2D eigenvalue weighted by molar-refractivity contribution is 7.98. The van der Waals surface area contributed by atoms with E-state index >= 15 is 0 Å². The van der Waals surface area contributed by atoms with Crippen molar-refractivity contribution in [3.63, 3.8) is 0 Å². The second kappa shape index (κ2) is 5.81. The summed E-state index contributed by atoms with van der Waals surface area (Å²) in [5.74, 6) is 1.87. The van der Waals surface area contributed by atoms with Crippen molar-refractivity contribution in [1.29, 1.82) is 10.8 Å². The van der Waals surface area contributed by atoms with Crippen LogP contribution < -0.4 is 11.5 Å². The third-order valence-corrected chi connectivity index (χ3v) is 4.92. The van der Waals surface area contributed by atoms with E-state index in [0.717, 1.165) is 45.7 Å². The zero-order chi connectivity index (χ0) is 15.7. The van der Waals surface area contributed by atoms with Gasteiger partial charge in [-0.3, -0.25) is 0 Å². The Bertz CT molecular complexity index is 810. The van der Waals surface area contributed by atoms with E-state index in [2.05, 4.69) is 0 Å². The largest absolute Gasteiger partial charge is 0.404 e. The van der Waals surface area contributed by atoms with Crippen LogP contribution in [0.3, 0.4) is 0 Å². The number of nitrogens with zero attached hydrogens (tertiary/aromatic N) is 1. The Hall–Kier alpha value is -2.34. The lowest BCUT2D eigenvalue weighted by Gasteiger charge is -2.22. The topological polar surface area (TPSA) is 113 Å². The Morgan fingerprint density at radius 3 is 2.77 bits per heavy atom. The summed E-state index contributed by atoms with van der Waals surface area (Å²) in [6.45, 7) is 0. The van der Waals surface area contributed by atoms with E-state index in [1.165, 1.54) is 24.2 Å². The SMILES string of the molecule is N=C/C(=C\N)c1nc2ccc(N)c(C=N)c2c2c1CSCC2. The first kappa shape index (κ1) is 14.6. The van der Waals surface area contributed by atoms with Crippen molar-refractivity contribution in [3.05, 3.63) is 40.7 Å². The maximum absolute atomic E-state index is 7.69. The molecule has 0 saturated heterocycles. The highest BCUT2D eigenvalue weighted by Gasteiger charge is 2.22. The Kier molecular flexibility index (Phi) is 3.85. The molecule has 6 N–H and O–H groups in total. The Morgan fingerprint density at radius 2 is 2.09 bits per heavy atom. The van der Waals surface area contributed by atoms with Crippen molar-refractivity contribution < 1.29 is 0 Å². The number of hydrogen-bond acceptors (Lipinski definition) is 6. The molecule has 0 fully saturated rings. The van der Waals surface area contributed by atoms with Gasteiger partial charge in [-0.2, -0.15) is 11.8 Å². The summed E-state index contributed by atoms with van der Waals surface area (Å²) in [5, 5.41) is 16.2. The summed E-state index contributed by atoms with van der Waals surface area (Å²) in [6.07, 6.45) is 4.88. The fraction of sp³-hybridized carbons (Fsp3) is 0.188. The summed E-state index contributed by atoms with van der Waals surface area (Å²) in [7, 11) is 0. The molecule has 5 nitrogen and oxygen atoms in total. The van der Waals surface area contributed by atoms with Crippen LogP contribution in [0.25, 0.3) is 16.5 Å². The number of nitrogen functional groups attached to an aromatic ring is 1. The maximum atomic E-state index is 7.69. The van der Waals surface area contributed by atoms with Crippen LogP contribution in [-0.4, -0.2) is 23.2 Å². The normalized spacial score (nSPS) is 14.6. The molecular weight excluding hydrogens is 294 g/mol. The molecule has 1 aromatic carbocycles. The summed E-state index contributed by atoms with van der Waals surface area (Å²) in [4.78, 5) is 4.71. The molecule has 0 bridgehead atoms. The summed E-state index contributed by atoms with van der Waals surface area (Å²) in [5.41, 5.74) is 17.5. The molecule has 1 aliphatic heterocycles.